The van der Waals surface area contributed by atoms with Gasteiger partial charge in [0.05, 0.1) is 19.4 Å². The molecule has 8 heavy (non-hydrogen) atoms. The van der Waals surface area contributed by atoms with Crippen LogP contribution in [-0.2, 0) is 7.05 Å². The lowest BCUT2D eigenvalue weighted by Crippen LogP contribution is -1.88. The molecule has 0 unspecified atom stereocenters. The van der Waals surface area contributed by atoms with Gasteiger partial charge in [-0.15, -0.1) is 5.10 Å². The highest BCUT2D eigenvalue weighted by atomic mass is 16.5. The van der Waals surface area contributed by atoms with Gasteiger partial charge in [-0.05, 0) is 0 Å². The van der Waals surface area contributed by atoms with E-state index in [1.807, 2.05) is 0 Å². The monoisotopic (exact) mass is 110 g/mol. The van der Waals surface area contributed by atoms with Crippen molar-refractivity contribution < 1.29 is 4.74 Å². The third-order valence-electron chi connectivity index (χ3n) is 0.759. The fourth-order valence-electron chi connectivity index (χ4n) is 0.407. The Morgan fingerprint density at radius 2 is 2.50 bits per heavy atom. The number of rotatable bonds is 1. The Morgan fingerprint density at radius 1 is 1.75 bits per heavy atom. The summed E-state index contributed by atoms with van der Waals surface area (Å²) in [6.07, 6.45) is 2.68. The molecule has 1 heterocycles. The van der Waals surface area contributed by atoms with Gasteiger partial charge in [-0.2, -0.15) is 0 Å². The summed E-state index contributed by atoms with van der Waals surface area (Å²) in [6.45, 7) is 0. The van der Waals surface area contributed by atoms with E-state index >= 15 is 0 Å². The molecule has 0 aliphatic carbocycles. The van der Waals surface area contributed by atoms with Crippen LogP contribution in [-0.4, -0.2) is 16.9 Å². The van der Waals surface area contributed by atoms with E-state index in [-0.39, 0.29) is 0 Å². The Hall–Kier alpha value is -0.990. The topological polar surface area (TPSA) is 27.1 Å². The number of ether oxygens (including phenoxy) is 1. The summed E-state index contributed by atoms with van der Waals surface area (Å²) >= 11 is 0. The van der Waals surface area contributed by atoms with Crippen molar-refractivity contribution in [1.29, 1.82) is 0 Å². The maximum absolute atomic E-state index is 4.72. The number of methoxy groups -OCH3 is 1. The molecule has 0 aliphatic heterocycles. The van der Waals surface area contributed by atoms with Gasteiger partial charge in [0, 0.05) is 7.05 Å². The minimum atomic E-state index is 0.479. The average Bonchev–Trinajstić information content (AvgIpc) is 2.14. The Morgan fingerprint density at radius 3 is 2.75 bits per heavy atom. The molecule has 0 bridgehead atoms. The predicted octanol–water partition coefficient (Wildman–Crippen LogP) is 0.0291. The van der Waals surface area contributed by atoms with E-state index in [0.29, 0.717) is 5.88 Å². The van der Waals surface area contributed by atoms with Crippen molar-refractivity contribution in [2.24, 2.45) is 7.05 Å². The third kappa shape index (κ3) is 0.804. The summed E-state index contributed by atoms with van der Waals surface area (Å²) in [7, 11) is 3.31. The van der Waals surface area contributed by atoms with Crippen molar-refractivity contribution in [1.82, 2.24) is 9.78 Å². The van der Waals surface area contributed by atoms with Gasteiger partial charge in [-0.1, -0.05) is 0 Å². The molecule has 0 aliphatic rings. The summed E-state index contributed by atoms with van der Waals surface area (Å²) < 4.78 is 6.23. The first kappa shape index (κ1) is 5.15. The van der Waals surface area contributed by atoms with Crippen molar-refractivity contribution in [2.45, 2.75) is 0 Å². The zero-order valence-electron chi connectivity index (χ0n) is 4.80. The predicted molar refractivity (Wildman–Crippen MR) is 27.4 cm³/mol. The van der Waals surface area contributed by atoms with E-state index in [1.54, 1.807) is 14.2 Å². The van der Waals surface area contributed by atoms with Crippen LogP contribution >= 0.6 is 0 Å². The molecule has 3 nitrogen and oxygen atoms in total. The van der Waals surface area contributed by atoms with Crippen LogP contribution in [0.4, 0.5) is 0 Å². The van der Waals surface area contributed by atoms with E-state index in [0.717, 1.165) is 0 Å². The van der Waals surface area contributed by atoms with E-state index in [2.05, 4.69) is 17.4 Å². The lowest BCUT2D eigenvalue weighted by Gasteiger charge is -1.86. The molecule has 1 aromatic heterocycles. The summed E-state index contributed by atoms with van der Waals surface area (Å²) in [5, 5.41) is 3.81. The van der Waals surface area contributed by atoms with Crippen LogP contribution in [0.5, 0.6) is 5.88 Å². The molecular formula is C5H6N2O. The van der Waals surface area contributed by atoms with Gasteiger partial charge >= 0.3 is 0 Å². The van der Waals surface area contributed by atoms with E-state index in [9.17, 15) is 0 Å². The van der Waals surface area contributed by atoms with Crippen molar-refractivity contribution >= 4 is 0 Å². The molecule has 3 heteroatoms. The first-order chi connectivity index (χ1) is 3.83. The van der Waals surface area contributed by atoms with Crippen molar-refractivity contribution in [3.63, 3.8) is 0 Å². The smallest absolute Gasteiger partial charge is 0.241 e. The fourth-order valence-corrected chi connectivity index (χ4v) is 0.407. The minimum Gasteiger partial charge on any atom is -0.479 e. The molecule has 0 saturated heterocycles. The van der Waals surface area contributed by atoms with Crippen molar-refractivity contribution in [3.05, 3.63) is 12.3 Å². The van der Waals surface area contributed by atoms with Gasteiger partial charge in [0.15, 0.2) is 0 Å². The second-order valence-corrected chi connectivity index (χ2v) is 1.37. The number of hydrogen-bond donors (Lipinski definition) is 0. The molecule has 0 amide bonds. The molecule has 1 rings (SSSR count). The molecular weight excluding hydrogens is 104 g/mol. The van der Waals surface area contributed by atoms with Crippen LogP contribution in [0.1, 0.15) is 0 Å². The van der Waals surface area contributed by atoms with Crippen LogP contribution in [0.3, 0.4) is 0 Å². The fraction of sp³-hybridized carbons (Fsp3) is 0.400. The summed E-state index contributed by atoms with van der Waals surface area (Å²) in [4.78, 5) is 0. The summed E-state index contributed by atoms with van der Waals surface area (Å²) in [5.41, 5.74) is 0. The van der Waals surface area contributed by atoms with Gasteiger partial charge in [-0.25, -0.2) is 0 Å². The lowest BCUT2D eigenvalue weighted by molar-refractivity contribution is 0.391. The second-order valence-electron chi connectivity index (χ2n) is 1.37. The van der Waals surface area contributed by atoms with E-state index < -0.39 is 0 Å². The largest absolute Gasteiger partial charge is 0.479 e. The van der Waals surface area contributed by atoms with Gasteiger partial charge in [0.25, 0.3) is 0 Å². The Kier molecular flexibility index (Phi) is 1.20. The van der Waals surface area contributed by atoms with Crippen LogP contribution < -0.4 is 4.74 Å². The maximum Gasteiger partial charge on any atom is 0.241 e. The Balaban J connectivity index is 2.84. The number of aromatic nitrogens is 2. The van der Waals surface area contributed by atoms with Crippen LogP contribution in [0.2, 0.25) is 0 Å². The molecule has 1 aromatic rings. The highest BCUT2D eigenvalue weighted by molar-refractivity contribution is 5.00. The first-order valence-corrected chi connectivity index (χ1v) is 2.21. The molecule has 0 N–H and O–H groups in total. The number of nitrogens with zero attached hydrogens (tertiary/aromatic N) is 2. The summed E-state index contributed by atoms with van der Waals surface area (Å²) in [5.74, 6) is 0.479. The second kappa shape index (κ2) is 1.86. The van der Waals surface area contributed by atoms with Crippen molar-refractivity contribution in [3.8, 4) is 5.88 Å². The summed E-state index contributed by atoms with van der Waals surface area (Å²) in [6, 6.07) is 2.66. The molecule has 0 aromatic carbocycles. The average molecular weight is 110 g/mol. The zero-order chi connectivity index (χ0) is 5.98. The van der Waals surface area contributed by atoms with Crippen LogP contribution in [0.15, 0.2) is 0 Å². The molecule has 42 valence electrons. The van der Waals surface area contributed by atoms with E-state index in [1.165, 1.54) is 4.68 Å². The Labute approximate surface area is 47.9 Å². The van der Waals surface area contributed by atoms with Crippen LogP contribution in [0.25, 0.3) is 0 Å². The highest BCUT2D eigenvalue weighted by Crippen LogP contribution is 1.98. The maximum atomic E-state index is 4.72. The molecule has 0 atom stereocenters. The van der Waals surface area contributed by atoms with Gasteiger partial charge < -0.3 is 4.74 Å². The molecule has 0 saturated carbocycles. The quantitative estimate of drug-likeness (QED) is 0.510. The number of aryl methyl sites for hydroxylation is 1. The van der Waals surface area contributed by atoms with Gasteiger partial charge in [0.1, 0.15) is 0 Å². The molecule has 2 radical (unpaired) electrons. The first-order valence-electron chi connectivity index (χ1n) is 2.21. The lowest BCUT2D eigenvalue weighted by atomic mass is 10.7. The van der Waals surface area contributed by atoms with Crippen molar-refractivity contribution in [2.75, 3.05) is 7.11 Å². The normalized spacial score (nSPS) is 9.25. The SMILES string of the molecule is COc1[c][c]n(C)n1. The van der Waals surface area contributed by atoms with E-state index in [4.69, 9.17) is 4.74 Å². The zero-order valence-corrected chi connectivity index (χ0v) is 4.80. The standard InChI is InChI=1S/C5H6N2O/c1-7-4-3-5(6-7)8-2/h1-2H3. The van der Waals surface area contributed by atoms with Crippen LogP contribution in [0, 0.1) is 12.3 Å². The van der Waals surface area contributed by atoms with Gasteiger partial charge in [0.2, 0.25) is 5.88 Å². The Bertz CT molecular complexity index is 171. The third-order valence-corrected chi connectivity index (χ3v) is 0.759. The number of hydrogen-bond acceptors (Lipinski definition) is 2. The molecule has 0 fully saturated rings. The van der Waals surface area contributed by atoms with Gasteiger partial charge in [-0.3, -0.25) is 4.68 Å². The minimum absolute atomic E-state index is 0.479. The highest BCUT2D eigenvalue weighted by Gasteiger charge is 1.91. The molecule has 0 spiro atoms.